The third-order valence-corrected chi connectivity index (χ3v) is 15.0. The number of rotatable bonds is 16. The quantitative estimate of drug-likeness (QED) is 0.0703. The lowest BCUT2D eigenvalue weighted by molar-refractivity contribution is -0.159. The zero-order chi connectivity index (χ0) is 50.1. The predicted octanol–water partition coefficient (Wildman–Crippen LogP) is 10.5. The van der Waals surface area contributed by atoms with Crippen LogP contribution in [0.2, 0.25) is 0 Å². The molecule has 0 saturated carbocycles. The number of hydrogen-bond acceptors (Lipinski definition) is 10. The van der Waals surface area contributed by atoms with Crippen molar-refractivity contribution < 1.29 is 28.6 Å². The molecule has 0 unspecified atom stereocenters. The summed E-state index contributed by atoms with van der Waals surface area (Å²) in [7, 11) is 0. The lowest BCUT2D eigenvalue weighted by Crippen LogP contribution is -2.36. The summed E-state index contributed by atoms with van der Waals surface area (Å²) in [6.45, 7) is 8.20. The first-order valence-electron chi connectivity index (χ1n) is 24.5. The molecule has 8 aromatic rings. The molecule has 2 fully saturated rings. The number of carboxylic acid groups (broad SMARTS) is 2. The van der Waals surface area contributed by atoms with Crippen molar-refractivity contribution in [3.05, 3.63) is 180 Å². The fraction of sp³-hybridized carbons (Fsp3) is 0.321. The molecular formula is C56H60F2N8O4S2. The Kier molecular flexibility index (Phi) is 18.9. The Hall–Kier alpha value is -6.46. The minimum absolute atomic E-state index is 0.207. The van der Waals surface area contributed by atoms with Gasteiger partial charge in [-0.05, 0) is 148 Å². The number of nitrogens with zero attached hydrogens (tertiary/aromatic N) is 8. The number of aliphatic carboxylic acids is 2. The largest absolute Gasteiger partial charge is 0.473 e. The topological polar surface area (TPSA) is 142 Å². The van der Waals surface area contributed by atoms with E-state index in [1.807, 2.05) is 84.4 Å². The monoisotopic (exact) mass is 1010 g/mol. The van der Waals surface area contributed by atoms with Crippen molar-refractivity contribution in [2.45, 2.75) is 61.4 Å². The Morgan fingerprint density at radius 1 is 0.514 bits per heavy atom. The molecule has 2 aliphatic rings. The van der Waals surface area contributed by atoms with E-state index in [2.05, 4.69) is 89.6 Å². The number of fused-ring (bicyclic) bond motifs is 2. The zero-order valence-electron chi connectivity index (χ0n) is 40.2. The van der Waals surface area contributed by atoms with Crippen LogP contribution in [0.3, 0.4) is 0 Å². The van der Waals surface area contributed by atoms with Gasteiger partial charge in [-0.2, -0.15) is 0 Å². The minimum Gasteiger partial charge on any atom is -0.473 e. The first-order chi connectivity index (χ1) is 35.1. The molecule has 0 aliphatic carbocycles. The molecule has 6 heterocycles. The number of benzene rings is 4. The Balaban J connectivity index is 0.000000173. The number of carbonyl (C=O) groups is 2. The van der Waals surface area contributed by atoms with Gasteiger partial charge in [0.05, 0.1) is 13.1 Å². The van der Waals surface area contributed by atoms with Crippen molar-refractivity contribution in [3.8, 4) is 0 Å². The van der Waals surface area contributed by atoms with Gasteiger partial charge in [0.2, 0.25) is 0 Å². The summed E-state index contributed by atoms with van der Waals surface area (Å²) in [5.41, 5.74) is 5.82. The van der Waals surface area contributed by atoms with Crippen molar-refractivity contribution in [1.29, 1.82) is 0 Å². The highest BCUT2D eigenvalue weighted by molar-refractivity contribution is 7.99. The van der Waals surface area contributed by atoms with Gasteiger partial charge >= 0.3 is 11.9 Å². The molecule has 10 rings (SSSR count). The van der Waals surface area contributed by atoms with E-state index < -0.39 is 11.9 Å². The minimum atomic E-state index is -1.82. The van der Waals surface area contributed by atoms with Crippen LogP contribution in [-0.4, -0.2) is 112 Å². The first kappa shape index (κ1) is 51.9. The number of halogens is 2. The fourth-order valence-corrected chi connectivity index (χ4v) is 11.0. The van der Waals surface area contributed by atoms with Gasteiger partial charge in [0.15, 0.2) is 11.3 Å². The van der Waals surface area contributed by atoms with Crippen LogP contribution in [0, 0.1) is 23.5 Å². The summed E-state index contributed by atoms with van der Waals surface area (Å²) in [6.07, 6.45) is 10.4. The number of likely N-dealkylation sites (tertiary alicyclic amines) is 2. The predicted molar refractivity (Wildman–Crippen MR) is 281 cm³/mol. The number of hydrogen-bond donors (Lipinski definition) is 2. The molecule has 0 atom stereocenters. The molecule has 16 heteroatoms. The van der Waals surface area contributed by atoms with E-state index in [9.17, 15) is 8.78 Å². The first-order valence-corrected chi connectivity index (χ1v) is 26.5. The van der Waals surface area contributed by atoms with Gasteiger partial charge < -0.3 is 29.1 Å². The molecule has 12 nitrogen and oxygen atoms in total. The van der Waals surface area contributed by atoms with E-state index in [1.165, 1.54) is 59.7 Å². The molecule has 0 amide bonds. The van der Waals surface area contributed by atoms with Gasteiger partial charge in [0.25, 0.3) is 0 Å². The number of imidazole rings is 2. The van der Waals surface area contributed by atoms with Gasteiger partial charge in [0.1, 0.15) is 34.3 Å². The van der Waals surface area contributed by atoms with Crippen LogP contribution < -0.4 is 0 Å². The summed E-state index contributed by atoms with van der Waals surface area (Å²) in [6, 6.07) is 42.7. The van der Waals surface area contributed by atoms with Gasteiger partial charge in [-0.15, -0.1) is 23.5 Å². The maximum Gasteiger partial charge on any atom is 0.414 e. The molecule has 374 valence electrons. The van der Waals surface area contributed by atoms with Crippen LogP contribution in [0.25, 0.3) is 22.3 Å². The summed E-state index contributed by atoms with van der Waals surface area (Å²) >= 11 is 3.88. The fourth-order valence-electron chi connectivity index (χ4n) is 9.16. The second kappa shape index (κ2) is 26.3. The Morgan fingerprint density at radius 3 is 1.25 bits per heavy atom. The number of carboxylic acids is 2. The van der Waals surface area contributed by atoms with Crippen LogP contribution in [-0.2, 0) is 35.5 Å². The molecule has 2 aliphatic heterocycles. The SMILES string of the molecule is Fc1ccc(Cn2c(CC3CCN(CCSc4ccccc4)CC3)nc3cccnc32)cc1.Fc1ccc(Cn2c(CC3CCN(CCSc4ccccc4)CC3)nc3cccnc32)cc1.O=C(O)C(=O)O. The van der Waals surface area contributed by atoms with Crippen molar-refractivity contribution in [2.75, 3.05) is 50.8 Å². The van der Waals surface area contributed by atoms with Crippen LogP contribution >= 0.6 is 23.5 Å². The van der Waals surface area contributed by atoms with Crippen LogP contribution in [0.4, 0.5) is 8.78 Å². The van der Waals surface area contributed by atoms with E-state index >= 15 is 0 Å². The van der Waals surface area contributed by atoms with Crippen LogP contribution in [0.15, 0.2) is 156 Å². The molecular weight excluding hydrogens is 951 g/mol. The maximum atomic E-state index is 13.4. The van der Waals surface area contributed by atoms with E-state index in [-0.39, 0.29) is 11.6 Å². The Bertz CT molecular complexity index is 2740. The molecule has 2 N–H and O–H groups in total. The molecule has 0 spiro atoms. The van der Waals surface area contributed by atoms with E-state index in [4.69, 9.17) is 29.8 Å². The van der Waals surface area contributed by atoms with Crippen LogP contribution in [0.1, 0.15) is 48.5 Å². The highest BCUT2D eigenvalue weighted by Crippen LogP contribution is 2.28. The standard InChI is InChI=1S/2C27H29FN4S.C2H2O4/c2*28-23-10-8-22(9-11-23)20-32-26(30-25-7-4-14-29-27(25)32)19-21-12-15-31(16-13-21)17-18-33-24-5-2-1-3-6-24;3-1(4)2(5)6/h2*1-11,14,21H,12-13,15-20H2;(H,3,4)(H,5,6). The second-order valence-electron chi connectivity index (χ2n) is 18.1. The highest BCUT2D eigenvalue weighted by Gasteiger charge is 2.24. The average Bonchev–Trinajstić information content (AvgIpc) is 3.93. The summed E-state index contributed by atoms with van der Waals surface area (Å²) in [4.78, 5) is 45.1. The van der Waals surface area contributed by atoms with E-state index in [0.29, 0.717) is 24.9 Å². The van der Waals surface area contributed by atoms with Gasteiger partial charge in [-0.25, -0.2) is 38.3 Å². The van der Waals surface area contributed by atoms with Crippen molar-refractivity contribution in [3.63, 3.8) is 0 Å². The van der Waals surface area contributed by atoms with Gasteiger partial charge in [-0.3, -0.25) is 0 Å². The lowest BCUT2D eigenvalue weighted by Gasteiger charge is -2.31. The average molecular weight is 1010 g/mol. The van der Waals surface area contributed by atoms with Crippen molar-refractivity contribution in [1.82, 2.24) is 38.9 Å². The molecule has 0 radical (unpaired) electrons. The molecule has 4 aromatic carbocycles. The Morgan fingerprint density at radius 2 is 0.889 bits per heavy atom. The smallest absolute Gasteiger partial charge is 0.414 e. The molecule has 72 heavy (non-hydrogen) atoms. The summed E-state index contributed by atoms with van der Waals surface area (Å²) in [5, 5.41) is 14.8. The lowest BCUT2D eigenvalue weighted by atomic mass is 9.93. The van der Waals surface area contributed by atoms with Gasteiger partial charge in [-0.1, -0.05) is 60.7 Å². The second-order valence-corrected chi connectivity index (χ2v) is 20.4. The van der Waals surface area contributed by atoms with Gasteiger partial charge in [0, 0.05) is 59.6 Å². The molecule has 0 bridgehead atoms. The van der Waals surface area contributed by atoms with E-state index in [1.54, 1.807) is 0 Å². The number of piperidine rings is 2. The van der Waals surface area contributed by atoms with Crippen molar-refractivity contribution >= 4 is 57.8 Å². The normalized spacial score (nSPS) is 14.6. The highest BCUT2D eigenvalue weighted by atomic mass is 32.2. The summed E-state index contributed by atoms with van der Waals surface area (Å²) < 4.78 is 31.2. The third-order valence-electron chi connectivity index (χ3n) is 13.1. The number of thioether (sulfide) groups is 2. The summed E-state index contributed by atoms with van der Waals surface area (Å²) in [5.74, 6) is 1.64. The third kappa shape index (κ3) is 15.3. The van der Waals surface area contributed by atoms with E-state index in [0.717, 1.165) is 109 Å². The van der Waals surface area contributed by atoms with Crippen molar-refractivity contribution in [2.24, 2.45) is 11.8 Å². The molecule has 4 aromatic heterocycles. The number of pyridine rings is 2. The van der Waals surface area contributed by atoms with Crippen LogP contribution in [0.5, 0.6) is 0 Å². The molecule has 2 saturated heterocycles. The zero-order valence-corrected chi connectivity index (χ0v) is 41.8. The number of aromatic nitrogens is 6. The maximum absolute atomic E-state index is 13.4. The Labute approximate surface area is 427 Å².